The Morgan fingerprint density at radius 2 is 2.06 bits per heavy atom. The highest BCUT2D eigenvalue weighted by Crippen LogP contribution is 2.42. The van der Waals surface area contributed by atoms with Gasteiger partial charge in [0.15, 0.2) is 0 Å². The van der Waals surface area contributed by atoms with Crippen LogP contribution in [0.1, 0.15) is 32.7 Å². The number of nitrogens with one attached hydrogen (secondary N) is 2. The number of aromatic nitrogens is 3. The number of methoxy groups -OCH3 is 1. The molecule has 7 heteroatoms. The first-order valence-electron chi connectivity index (χ1n) is 10.1. The van der Waals surface area contributed by atoms with E-state index in [0.29, 0.717) is 29.8 Å². The average molecular weight is 421 g/mol. The summed E-state index contributed by atoms with van der Waals surface area (Å²) in [5.41, 5.74) is 7.67. The summed E-state index contributed by atoms with van der Waals surface area (Å²) in [6, 6.07) is 18.9. The van der Waals surface area contributed by atoms with Gasteiger partial charge in [0.2, 0.25) is 0 Å². The van der Waals surface area contributed by atoms with Crippen LogP contribution in [0.2, 0.25) is 0 Å². The summed E-state index contributed by atoms with van der Waals surface area (Å²) < 4.78 is 5.53. The molecule has 32 heavy (non-hydrogen) atoms. The number of carbonyl (C=O) groups is 1. The van der Waals surface area contributed by atoms with Gasteiger partial charge in [0.05, 0.1) is 47.9 Å². The zero-order valence-electron chi connectivity index (χ0n) is 17.3. The van der Waals surface area contributed by atoms with Gasteiger partial charge < -0.3 is 10.1 Å². The number of benzene rings is 2. The van der Waals surface area contributed by atoms with Crippen LogP contribution in [0.15, 0.2) is 60.8 Å². The Bertz CT molecular complexity index is 1350. The molecule has 4 aromatic rings. The summed E-state index contributed by atoms with van der Waals surface area (Å²) in [7, 11) is 1.56. The maximum Gasteiger partial charge on any atom is 0.255 e. The SMILES string of the molecule is COc1cc2c(cc1C(=O)NCc1ccccn1)Cc1c(-c3ccc(C#N)cc3)n[nH]c1-2. The second-order valence-electron chi connectivity index (χ2n) is 7.51. The van der Waals surface area contributed by atoms with E-state index in [4.69, 9.17) is 10.00 Å². The quantitative estimate of drug-likeness (QED) is 0.449. The van der Waals surface area contributed by atoms with Crippen LogP contribution in [-0.4, -0.2) is 28.2 Å². The summed E-state index contributed by atoms with van der Waals surface area (Å²) >= 11 is 0. The molecule has 1 aliphatic rings. The van der Waals surface area contributed by atoms with Crippen LogP contribution in [0.4, 0.5) is 0 Å². The first kappa shape index (κ1) is 19.5. The van der Waals surface area contributed by atoms with E-state index < -0.39 is 0 Å². The monoisotopic (exact) mass is 421 g/mol. The number of hydrogen-bond donors (Lipinski definition) is 2. The maximum atomic E-state index is 12.9. The molecule has 0 atom stereocenters. The number of hydrogen-bond acceptors (Lipinski definition) is 5. The van der Waals surface area contributed by atoms with Crippen molar-refractivity contribution in [1.29, 1.82) is 5.26 Å². The van der Waals surface area contributed by atoms with Crippen LogP contribution >= 0.6 is 0 Å². The number of nitriles is 1. The van der Waals surface area contributed by atoms with E-state index in [9.17, 15) is 4.79 Å². The van der Waals surface area contributed by atoms with E-state index in [1.165, 1.54) is 0 Å². The molecule has 2 aromatic heterocycles. The lowest BCUT2D eigenvalue weighted by Gasteiger charge is -2.12. The number of aromatic amines is 1. The van der Waals surface area contributed by atoms with Crippen molar-refractivity contribution in [2.24, 2.45) is 0 Å². The van der Waals surface area contributed by atoms with Crippen molar-refractivity contribution in [2.75, 3.05) is 7.11 Å². The number of pyridine rings is 1. The second kappa shape index (κ2) is 8.00. The van der Waals surface area contributed by atoms with Gasteiger partial charge in [-0.05, 0) is 42.0 Å². The smallest absolute Gasteiger partial charge is 0.255 e. The standard InChI is InChI=1S/C25H19N5O2/c1-32-22-12-19-17(10-20(22)25(31)28-14-18-4-2-3-9-27-18)11-21-23(29-30-24(19)21)16-7-5-15(13-26)6-8-16/h2-10,12H,11,14H2,1H3,(H,28,31)(H,29,30). The van der Waals surface area contributed by atoms with Crippen molar-refractivity contribution in [1.82, 2.24) is 20.5 Å². The molecule has 5 rings (SSSR count). The summed E-state index contributed by atoms with van der Waals surface area (Å²) in [6.45, 7) is 0.339. The van der Waals surface area contributed by atoms with Gasteiger partial charge in [0.1, 0.15) is 5.75 Å². The largest absolute Gasteiger partial charge is 0.496 e. The van der Waals surface area contributed by atoms with Crippen LogP contribution < -0.4 is 10.1 Å². The van der Waals surface area contributed by atoms with Gasteiger partial charge in [-0.1, -0.05) is 18.2 Å². The van der Waals surface area contributed by atoms with Crippen LogP contribution in [0.5, 0.6) is 5.75 Å². The van der Waals surface area contributed by atoms with Crippen molar-refractivity contribution in [3.05, 3.63) is 88.7 Å². The third-order valence-electron chi connectivity index (χ3n) is 5.62. The Labute approximate surface area is 184 Å². The maximum absolute atomic E-state index is 12.9. The van der Waals surface area contributed by atoms with Gasteiger partial charge in [-0.3, -0.25) is 14.9 Å². The van der Waals surface area contributed by atoms with Crippen molar-refractivity contribution in [3.8, 4) is 34.3 Å². The molecule has 0 aliphatic heterocycles. The molecule has 1 aliphatic carbocycles. The Morgan fingerprint density at radius 1 is 1.22 bits per heavy atom. The minimum absolute atomic E-state index is 0.212. The van der Waals surface area contributed by atoms with E-state index >= 15 is 0 Å². The molecular formula is C25H19N5O2. The molecule has 156 valence electrons. The molecule has 0 unspecified atom stereocenters. The molecule has 0 fully saturated rings. The minimum Gasteiger partial charge on any atom is -0.496 e. The number of nitrogens with zero attached hydrogens (tertiary/aromatic N) is 3. The number of rotatable bonds is 5. The molecule has 1 amide bonds. The summed E-state index contributed by atoms with van der Waals surface area (Å²) in [5.74, 6) is 0.293. The fraction of sp³-hybridized carbons (Fsp3) is 0.120. The zero-order chi connectivity index (χ0) is 22.1. The van der Waals surface area contributed by atoms with Gasteiger partial charge in [-0.2, -0.15) is 10.4 Å². The van der Waals surface area contributed by atoms with Crippen LogP contribution in [-0.2, 0) is 13.0 Å². The highest BCUT2D eigenvalue weighted by molar-refractivity contribution is 5.98. The normalized spacial score (nSPS) is 11.4. The molecule has 2 aromatic carbocycles. The van der Waals surface area contributed by atoms with Crippen LogP contribution in [0.3, 0.4) is 0 Å². The summed E-state index contributed by atoms with van der Waals surface area (Å²) in [4.78, 5) is 17.1. The zero-order valence-corrected chi connectivity index (χ0v) is 17.3. The van der Waals surface area contributed by atoms with Crippen molar-refractivity contribution >= 4 is 5.91 Å². The molecule has 0 bridgehead atoms. The fourth-order valence-electron chi connectivity index (χ4n) is 4.01. The lowest BCUT2D eigenvalue weighted by molar-refractivity contribution is 0.0947. The van der Waals surface area contributed by atoms with E-state index in [1.54, 1.807) is 25.4 Å². The molecule has 0 radical (unpaired) electrons. The third-order valence-corrected chi connectivity index (χ3v) is 5.62. The molecule has 7 nitrogen and oxygen atoms in total. The van der Waals surface area contributed by atoms with Gasteiger partial charge in [0, 0.05) is 29.3 Å². The Kier molecular flexibility index (Phi) is 4.88. The molecule has 0 saturated heterocycles. The molecular weight excluding hydrogens is 402 g/mol. The van der Waals surface area contributed by atoms with Gasteiger partial charge in [-0.25, -0.2) is 0 Å². The average Bonchev–Trinajstić information content (AvgIpc) is 3.41. The predicted octanol–water partition coefficient (Wildman–Crippen LogP) is 3.85. The number of ether oxygens (including phenoxy) is 1. The molecule has 0 spiro atoms. The topological polar surface area (TPSA) is 104 Å². The Hall–Kier alpha value is -4.44. The van der Waals surface area contributed by atoms with E-state index in [1.807, 2.05) is 42.5 Å². The second-order valence-corrected chi connectivity index (χ2v) is 7.51. The highest BCUT2D eigenvalue weighted by atomic mass is 16.5. The Balaban J connectivity index is 1.44. The Morgan fingerprint density at radius 3 is 2.78 bits per heavy atom. The first-order valence-corrected chi connectivity index (χ1v) is 10.1. The van der Waals surface area contributed by atoms with Gasteiger partial charge in [0.25, 0.3) is 5.91 Å². The highest BCUT2D eigenvalue weighted by Gasteiger charge is 2.28. The molecule has 0 saturated carbocycles. The fourth-order valence-corrected chi connectivity index (χ4v) is 4.01. The van der Waals surface area contributed by atoms with E-state index in [0.717, 1.165) is 39.3 Å². The predicted molar refractivity (Wildman–Crippen MR) is 119 cm³/mol. The van der Waals surface area contributed by atoms with Gasteiger partial charge in [-0.15, -0.1) is 0 Å². The van der Waals surface area contributed by atoms with Crippen molar-refractivity contribution in [3.63, 3.8) is 0 Å². The minimum atomic E-state index is -0.212. The first-order chi connectivity index (χ1) is 15.7. The number of carbonyl (C=O) groups excluding carboxylic acids is 1. The van der Waals surface area contributed by atoms with Crippen molar-refractivity contribution < 1.29 is 9.53 Å². The number of fused-ring (bicyclic) bond motifs is 3. The van der Waals surface area contributed by atoms with E-state index in [2.05, 4.69) is 26.6 Å². The lowest BCUT2D eigenvalue weighted by atomic mass is 10.0. The summed E-state index contributed by atoms with van der Waals surface area (Å²) in [5, 5.41) is 19.6. The van der Waals surface area contributed by atoms with Gasteiger partial charge >= 0.3 is 0 Å². The lowest BCUT2D eigenvalue weighted by Crippen LogP contribution is -2.24. The molecule has 2 heterocycles. The van der Waals surface area contributed by atoms with E-state index in [-0.39, 0.29) is 5.91 Å². The van der Waals surface area contributed by atoms with Crippen LogP contribution in [0.25, 0.3) is 22.5 Å². The van der Waals surface area contributed by atoms with Crippen molar-refractivity contribution in [2.45, 2.75) is 13.0 Å². The third kappa shape index (κ3) is 3.38. The summed E-state index contributed by atoms with van der Waals surface area (Å²) in [6.07, 6.45) is 2.35. The number of amides is 1. The number of H-pyrrole nitrogens is 1. The van der Waals surface area contributed by atoms with Crippen LogP contribution in [0, 0.1) is 11.3 Å². The molecule has 2 N–H and O–H groups in total.